The Labute approximate surface area is 148 Å². The fourth-order valence-corrected chi connectivity index (χ4v) is 4.65. The van der Waals surface area contributed by atoms with E-state index in [1.807, 2.05) is 6.92 Å². The molecule has 0 radical (unpaired) electrons. The number of sulfonamides is 1. The maximum atomic E-state index is 13.1. The highest BCUT2D eigenvalue weighted by atomic mass is 32.2. The number of hydrogen-bond acceptors (Lipinski definition) is 6. The normalized spacial score (nSPS) is 21.1. The van der Waals surface area contributed by atoms with Crippen LogP contribution in [0.5, 0.6) is 0 Å². The molecule has 1 heterocycles. The van der Waals surface area contributed by atoms with Crippen molar-refractivity contribution in [3.63, 3.8) is 0 Å². The second kappa shape index (κ2) is 7.97. The molecule has 1 saturated heterocycles. The Bertz CT molecular complexity index is 702. The van der Waals surface area contributed by atoms with E-state index in [9.17, 15) is 18.0 Å². The first-order valence-electron chi connectivity index (χ1n) is 8.26. The number of nitrogens with zero attached hydrogens (tertiary/aromatic N) is 1. The van der Waals surface area contributed by atoms with E-state index in [0.717, 1.165) is 9.87 Å². The largest absolute Gasteiger partial charge is 0.465 e. The summed E-state index contributed by atoms with van der Waals surface area (Å²) in [6.07, 6.45) is 0.431. The van der Waals surface area contributed by atoms with E-state index >= 15 is 0 Å². The zero-order valence-corrected chi connectivity index (χ0v) is 15.4. The van der Waals surface area contributed by atoms with Gasteiger partial charge in [0.25, 0.3) is 0 Å². The average molecular weight is 369 g/mol. The van der Waals surface area contributed by atoms with Gasteiger partial charge in [-0.25, -0.2) is 8.42 Å². The highest BCUT2D eigenvalue weighted by Gasteiger charge is 2.49. The summed E-state index contributed by atoms with van der Waals surface area (Å²) in [5.41, 5.74) is 0.907. The first-order chi connectivity index (χ1) is 11.8. The molecule has 138 valence electrons. The van der Waals surface area contributed by atoms with Gasteiger partial charge in [0.15, 0.2) is 0 Å². The number of esters is 2. The van der Waals surface area contributed by atoms with Gasteiger partial charge in [-0.15, -0.1) is 0 Å². The van der Waals surface area contributed by atoms with E-state index in [4.69, 9.17) is 9.47 Å². The highest BCUT2D eigenvalue weighted by Crippen LogP contribution is 2.32. The van der Waals surface area contributed by atoms with Crippen LogP contribution in [0.4, 0.5) is 0 Å². The smallest absolute Gasteiger partial charge is 0.324 e. The molecule has 0 spiro atoms. The monoisotopic (exact) mass is 369 g/mol. The molecule has 0 aliphatic carbocycles. The number of rotatable bonds is 6. The number of benzene rings is 1. The van der Waals surface area contributed by atoms with Gasteiger partial charge in [0.2, 0.25) is 10.0 Å². The summed E-state index contributed by atoms with van der Waals surface area (Å²) >= 11 is 0. The SMILES string of the molecule is CCOC(=O)[C@H]1CC[C@@H](C(=O)OCC)N1S(=O)(=O)c1ccc(C)cc1. The molecule has 0 amide bonds. The molecule has 1 aliphatic rings. The Hall–Kier alpha value is -1.93. The van der Waals surface area contributed by atoms with Crippen molar-refractivity contribution in [3.05, 3.63) is 29.8 Å². The third-order valence-corrected chi connectivity index (χ3v) is 5.97. The molecule has 1 aromatic carbocycles. The van der Waals surface area contributed by atoms with Crippen molar-refractivity contribution >= 4 is 22.0 Å². The summed E-state index contributed by atoms with van der Waals surface area (Å²) in [6, 6.07) is 4.21. The van der Waals surface area contributed by atoms with Gasteiger partial charge in [0, 0.05) is 0 Å². The average Bonchev–Trinajstić information content (AvgIpc) is 3.02. The molecular weight excluding hydrogens is 346 g/mol. The van der Waals surface area contributed by atoms with Gasteiger partial charge in [-0.05, 0) is 45.7 Å². The third kappa shape index (κ3) is 4.01. The van der Waals surface area contributed by atoms with Crippen LogP contribution in [0.1, 0.15) is 32.3 Å². The number of carbonyl (C=O) groups excluding carboxylic acids is 2. The Morgan fingerprint density at radius 2 is 1.44 bits per heavy atom. The molecule has 1 aliphatic heterocycles. The molecule has 8 heteroatoms. The third-order valence-electron chi connectivity index (χ3n) is 4.04. The lowest BCUT2D eigenvalue weighted by Crippen LogP contribution is -2.48. The lowest BCUT2D eigenvalue weighted by atomic mass is 10.2. The summed E-state index contributed by atoms with van der Waals surface area (Å²) < 4.78 is 37.1. The van der Waals surface area contributed by atoms with Crippen LogP contribution >= 0.6 is 0 Å². The Morgan fingerprint density at radius 1 is 1.00 bits per heavy atom. The first-order valence-corrected chi connectivity index (χ1v) is 9.70. The van der Waals surface area contributed by atoms with Crippen molar-refractivity contribution in [1.29, 1.82) is 0 Å². The van der Waals surface area contributed by atoms with Gasteiger partial charge in [-0.1, -0.05) is 17.7 Å². The van der Waals surface area contributed by atoms with Gasteiger partial charge in [-0.2, -0.15) is 4.31 Å². The predicted octanol–water partition coefficient (Wildman–Crippen LogP) is 1.64. The van der Waals surface area contributed by atoms with Crippen LogP contribution < -0.4 is 0 Å². The van der Waals surface area contributed by atoms with Crippen LogP contribution in [0.15, 0.2) is 29.2 Å². The minimum absolute atomic E-state index is 0.0311. The van der Waals surface area contributed by atoms with Gasteiger partial charge >= 0.3 is 11.9 Å². The van der Waals surface area contributed by atoms with Gasteiger partial charge in [-0.3, -0.25) is 9.59 Å². The second-order valence-electron chi connectivity index (χ2n) is 5.76. The summed E-state index contributed by atoms with van der Waals surface area (Å²) in [5, 5.41) is 0. The van der Waals surface area contributed by atoms with Crippen LogP contribution in [-0.4, -0.2) is 50.0 Å². The predicted molar refractivity (Wildman–Crippen MR) is 90.3 cm³/mol. The van der Waals surface area contributed by atoms with Gasteiger partial charge in [0.05, 0.1) is 18.1 Å². The number of ether oxygens (including phenoxy) is 2. The molecule has 7 nitrogen and oxygen atoms in total. The van der Waals surface area contributed by atoms with Crippen molar-refractivity contribution in [1.82, 2.24) is 4.31 Å². The van der Waals surface area contributed by atoms with Crippen LogP contribution in [0.2, 0.25) is 0 Å². The quantitative estimate of drug-likeness (QED) is 0.708. The molecule has 1 fully saturated rings. The molecule has 0 N–H and O–H groups in total. The van der Waals surface area contributed by atoms with Crippen LogP contribution in [0, 0.1) is 6.92 Å². The molecule has 1 aromatic rings. The maximum absolute atomic E-state index is 13.1. The van der Waals surface area contributed by atoms with Crippen LogP contribution in [-0.2, 0) is 29.1 Å². The minimum Gasteiger partial charge on any atom is -0.465 e. The van der Waals surface area contributed by atoms with Crippen molar-refractivity contribution in [2.75, 3.05) is 13.2 Å². The molecule has 0 saturated carbocycles. The maximum Gasteiger partial charge on any atom is 0.324 e. The number of hydrogen-bond donors (Lipinski definition) is 0. The molecule has 2 rings (SSSR count). The molecule has 0 bridgehead atoms. The molecule has 0 aromatic heterocycles. The van der Waals surface area contributed by atoms with Crippen molar-refractivity contribution in [2.45, 2.75) is 50.6 Å². The van der Waals surface area contributed by atoms with E-state index in [2.05, 4.69) is 0 Å². The van der Waals surface area contributed by atoms with E-state index in [1.54, 1.807) is 26.0 Å². The fourth-order valence-electron chi connectivity index (χ4n) is 2.87. The summed E-state index contributed by atoms with van der Waals surface area (Å²) in [7, 11) is -4.05. The van der Waals surface area contributed by atoms with Gasteiger partial charge in [0.1, 0.15) is 12.1 Å². The van der Waals surface area contributed by atoms with E-state index in [-0.39, 0.29) is 31.0 Å². The van der Waals surface area contributed by atoms with Gasteiger partial charge < -0.3 is 9.47 Å². The standard InChI is InChI=1S/C17H23NO6S/c1-4-23-16(19)14-10-11-15(17(20)24-5-2)18(14)25(21,22)13-8-6-12(3)7-9-13/h6-9,14-15H,4-5,10-11H2,1-3H3/t14-,15+. The summed E-state index contributed by atoms with van der Waals surface area (Å²) in [4.78, 5) is 24.5. The molecule has 25 heavy (non-hydrogen) atoms. The van der Waals surface area contributed by atoms with Crippen molar-refractivity contribution in [2.24, 2.45) is 0 Å². The lowest BCUT2D eigenvalue weighted by molar-refractivity contribution is -0.150. The zero-order valence-electron chi connectivity index (χ0n) is 14.6. The minimum atomic E-state index is -4.05. The molecule has 0 unspecified atom stereocenters. The van der Waals surface area contributed by atoms with E-state index in [0.29, 0.717) is 0 Å². The second-order valence-corrected chi connectivity index (χ2v) is 7.60. The van der Waals surface area contributed by atoms with Crippen LogP contribution in [0.3, 0.4) is 0 Å². The van der Waals surface area contributed by atoms with Crippen molar-refractivity contribution in [3.8, 4) is 0 Å². The Kier molecular flexibility index (Phi) is 6.18. The first kappa shape index (κ1) is 19.4. The Morgan fingerprint density at radius 3 is 1.84 bits per heavy atom. The molecule has 2 atom stereocenters. The fraction of sp³-hybridized carbons (Fsp3) is 0.529. The lowest BCUT2D eigenvalue weighted by Gasteiger charge is -2.27. The van der Waals surface area contributed by atoms with E-state index in [1.165, 1.54) is 12.1 Å². The highest BCUT2D eigenvalue weighted by molar-refractivity contribution is 7.89. The number of carbonyl (C=O) groups is 2. The topological polar surface area (TPSA) is 90.0 Å². The van der Waals surface area contributed by atoms with E-state index < -0.39 is 34.0 Å². The van der Waals surface area contributed by atoms with Crippen molar-refractivity contribution < 1.29 is 27.5 Å². The summed E-state index contributed by atoms with van der Waals surface area (Å²) in [6.45, 7) is 5.41. The molecular formula is C17H23NO6S. The number of aryl methyl sites for hydroxylation is 1. The zero-order chi connectivity index (χ0) is 18.6. The van der Waals surface area contributed by atoms with Crippen LogP contribution in [0.25, 0.3) is 0 Å². The Balaban J connectivity index is 2.44. The summed E-state index contributed by atoms with van der Waals surface area (Å²) in [5.74, 6) is -1.30.